The highest BCUT2D eigenvalue weighted by molar-refractivity contribution is 6.31. The summed E-state index contributed by atoms with van der Waals surface area (Å²) < 4.78 is 0. The molecule has 1 aromatic rings. The van der Waals surface area contributed by atoms with Crippen LogP contribution in [0, 0.1) is 0 Å². The van der Waals surface area contributed by atoms with E-state index in [0.717, 1.165) is 17.0 Å². The fourth-order valence-electron chi connectivity index (χ4n) is 2.24. The molecule has 3 nitrogen and oxygen atoms in total. The number of carbonyl (C=O) groups excluding carboxylic acids is 1. The SMILES string of the molecule is CCCC(C)(N)C(=O)NCC(C)(C)c1ccccc1Cl.Cl. The van der Waals surface area contributed by atoms with Gasteiger partial charge in [0.2, 0.25) is 5.91 Å². The average molecular weight is 333 g/mol. The van der Waals surface area contributed by atoms with Crippen molar-refractivity contribution in [1.29, 1.82) is 0 Å². The van der Waals surface area contributed by atoms with Crippen molar-refractivity contribution in [3.8, 4) is 0 Å². The Morgan fingerprint density at radius 1 is 1.29 bits per heavy atom. The second kappa shape index (κ2) is 8.02. The van der Waals surface area contributed by atoms with E-state index in [4.69, 9.17) is 17.3 Å². The van der Waals surface area contributed by atoms with Gasteiger partial charge in [-0.3, -0.25) is 4.79 Å². The maximum absolute atomic E-state index is 12.1. The molecule has 21 heavy (non-hydrogen) atoms. The third kappa shape index (κ3) is 5.50. The van der Waals surface area contributed by atoms with Crippen molar-refractivity contribution in [1.82, 2.24) is 5.32 Å². The van der Waals surface area contributed by atoms with Gasteiger partial charge < -0.3 is 11.1 Å². The number of carbonyl (C=O) groups is 1. The summed E-state index contributed by atoms with van der Waals surface area (Å²) in [4.78, 5) is 12.1. The molecule has 0 aliphatic rings. The molecule has 120 valence electrons. The molecule has 0 fully saturated rings. The average Bonchev–Trinajstić information content (AvgIpc) is 2.36. The van der Waals surface area contributed by atoms with Crippen molar-refractivity contribution in [3.05, 3.63) is 34.9 Å². The predicted octanol–water partition coefficient (Wildman–Crippen LogP) is 3.67. The second-order valence-corrected chi connectivity index (χ2v) is 6.62. The number of benzene rings is 1. The first-order valence-electron chi connectivity index (χ1n) is 7.03. The zero-order chi connectivity index (χ0) is 15.4. The Kier molecular flexibility index (Phi) is 7.73. The summed E-state index contributed by atoms with van der Waals surface area (Å²) >= 11 is 6.23. The van der Waals surface area contributed by atoms with E-state index in [1.807, 2.05) is 31.2 Å². The Labute approximate surface area is 139 Å². The number of nitrogens with two attached hydrogens (primary N) is 1. The summed E-state index contributed by atoms with van der Waals surface area (Å²) in [7, 11) is 0. The first-order valence-corrected chi connectivity index (χ1v) is 7.40. The van der Waals surface area contributed by atoms with Gasteiger partial charge in [-0.25, -0.2) is 0 Å². The van der Waals surface area contributed by atoms with Gasteiger partial charge in [-0.1, -0.05) is 57.0 Å². The molecule has 1 atom stereocenters. The Hall–Kier alpha value is -0.770. The minimum absolute atomic E-state index is 0. The maximum atomic E-state index is 12.1. The summed E-state index contributed by atoms with van der Waals surface area (Å²) in [5.41, 5.74) is 6.00. The van der Waals surface area contributed by atoms with E-state index < -0.39 is 5.54 Å². The zero-order valence-electron chi connectivity index (χ0n) is 13.2. The Morgan fingerprint density at radius 3 is 2.38 bits per heavy atom. The summed E-state index contributed by atoms with van der Waals surface area (Å²) in [6, 6.07) is 7.71. The van der Waals surface area contributed by atoms with Crippen molar-refractivity contribution in [3.63, 3.8) is 0 Å². The highest BCUT2D eigenvalue weighted by atomic mass is 35.5. The monoisotopic (exact) mass is 332 g/mol. The largest absolute Gasteiger partial charge is 0.354 e. The van der Waals surface area contributed by atoms with Gasteiger partial charge in [0.05, 0.1) is 5.54 Å². The number of hydrogen-bond acceptors (Lipinski definition) is 2. The molecule has 0 radical (unpaired) electrons. The van der Waals surface area contributed by atoms with Gasteiger partial charge in [-0.05, 0) is 25.0 Å². The molecule has 0 spiro atoms. The minimum atomic E-state index is -0.814. The third-order valence-corrected chi connectivity index (χ3v) is 3.91. The van der Waals surface area contributed by atoms with Crippen molar-refractivity contribution in [2.24, 2.45) is 5.73 Å². The summed E-state index contributed by atoms with van der Waals surface area (Å²) in [6.07, 6.45) is 1.56. The third-order valence-electron chi connectivity index (χ3n) is 3.58. The van der Waals surface area contributed by atoms with Crippen LogP contribution in [0.15, 0.2) is 24.3 Å². The molecule has 0 heterocycles. The molecule has 0 bridgehead atoms. The number of halogens is 2. The summed E-state index contributed by atoms with van der Waals surface area (Å²) in [5.74, 6) is -0.112. The number of nitrogens with one attached hydrogen (secondary N) is 1. The van der Waals surface area contributed by atoms with E-state index in [1.54, 1.807) is 6.92 Å². The van der Waals surface area contributed by atoms with Crippen molar-refractivity contribution in [2.75, 3.05) is 6.54 Å². The minimum Gasteiger partial charge on any atom is -0.354 e. The van der Waals surface area contributed by atoms with Crippen molar-refractivity contribution < 1.29 is 4.79 Å². The van der Waals surface area contributed by atoms with Gasteiger partial charge >= 0.3 is 0 Å². The lowest BCUT2D eigenvalue weighted by Crippen LogP contribution is -2.53. The van der Waals surface area contributed by atoms with Crippen LogP contribution >= 0.6 is 24.0 Å². The molecule has 5 heteroatoms. The number of hydrogen-bond donors (Lipinski definition) is 2. The molecule has 1 amide bonds. The summed E-state index contributed by atoms with van der Waals surface area (Å²) in [6.45, 7) is 8.41. The van der Waals surface area contributed by atoms with E-state index in [-0.39, 0.29) is 23.7 Å². The lowest BCUT2D eigenvalue weighted by molar-refractivity contribution is -0.126. The van der Waals surface area contributed by atoms with E-state index in [2.05, 4.69) is 19.2 Å². The van der Waals surface area contributed by atoms with Crippen LogP contribution in [-0.2, 0) is 10.2 Å². The van der Waals surface area contributed by atoms with Crippen molar-refractivity contribution in [2.45, 2.75) is 51.5 Å². The van der Waals surface area contributed by atoms with Crippen LogP contribution < -0.4 is 11.1 Å². The molecule has 1 unspecified atom stereocenters. The predicted molar refractivity (Wildman–Crippen MR) is 92.2 cm³/mol. The standard InChI is InChI=1S/C16H25ClN2O.ClH/c1-5-10-16(4,18)14(20)19-11-15(2,3)12-8-6-7-9-13(12)17;/h6-9H,5,10-11,18H2,1-4H3,(H,19,20);1H. The van der Waals surface area contributed by atoms with E-state index >= 15 is 0 Å². The fourth-order valence-corrected chi connectivity index (χ4v) is 2.63. The quantitative estimate of drug-likeness (QED) is 0.834. The normalized spacial score (nSPS) is 14.0. The van der Waals surface area contributed by atoms with Gasteiger partial charge in [0.25, 0.3) is 0 Å². The molecule has 0 saturated carbocycles. The molecular weight excluding hydrogens is 307 g/mol. The molecule has 0 aromatic heterocycles. The Balaban J connectivity index is 0.00000400. The Morgan fingerprint density at radius 2 is 1.86 bits per heavy atom. The number of amides is 1. The molecule has 0 saturated heterocycles. The van der Waals surface area contributed by atoms with Gasteiger partial charge in [0, 0.05) is 17.0 Å². The first kappa shape index (κ1) is 20.2. The molecule has 3 N–H and O–H groups in total. The van der Waals surface area contributed by atoms with E-state index in [0.29, 0.717) is 13.0 Å². The lowest BCUT2D eigenvalue weighted by atomic mass is 9.84. The fraction of sp³-hybridized carbons (Fsp3) is 0.562. The van der Waals surface area contributed by atoms with Crippen LogP contribution in [0.2, 0.25) is 5.02 Å². The zero-order valence-corrected chi connectivity index (χ0v) is 14.8. The van der Waals surface area contributed by atoms with Crippen LogP contribution in [0.1, 0.15) is 46.1 Å². The van der Waals surface area contributed by atoms with Crippen LogP contribution in [0.25, 0.3) is 0 Å². The highest BCUT2D eigenvalue weighted by Gasteiger charge is 2.30. The highest BCUT2D eigenvalue weighted by Crippen LogP contribution is 2.29. The smallest absolute Gasteiger partial charge is 0.239 e. The van der Waals surface area contributed by atoms with Gasteiger partial charge in [-0.2, -0.15) is 0 Å². The van der Waals surface area contributed by atoms with Crippen LogP contribution in [0.3, 0.4) is 0 Å². The van der Waals surface area contributed by atoms with Crippen LogP contribution in [-0.4, -0.2) is 18.0 Å². The van der Waals surface area contributed by atoms with Crippen LogP contribution in [0.4, 0.5) is 0 Å². The van der Waals surface area contributed by atoms with Crippen molar-refractivity contribution >= 4 is 29.9 Å². The summed E-state index contributed by atoms with van der Waals surface area (Å²) in [5, 5.41) is 3.67. The second-order valence-electron chi connectivity index (χ2n) is 6.21. The molecular formula is C16H26Cl2N2O. The maximum Gasteiger partial charge on any atom is 0.239 e. The van der Waals surface area contributed by atoms with E-state index in [1.165, 1.54) is 0 Å². The number of rotatable bonds is 6. The first-order chi connectivity index (χ1) is 9.20. The van der Waals surface area contributed by atoms with Gasteiger partial charge in [-0.15, -0.1) is 12.4 Å². The van der Waals surface area contributed by atoms with Crippen LogP contribution in [0.5, 0.6) is 0 Å². The molecule has 0 aliphatic heterocycles. The van der Waals surface area contributed by atoms with Gasteiger partial charge in [0.15, 0.2) is 0 Å². The molecule has 1 rings (SSSR count). The Bertz CT molecular complexity index is 473. The topological polar surface area (TPSA) is 55.1 Å². The molecule has 1 aromatic carbocycles. The van der Waals surface area contributed by atoms with E-state index in [9.17, 15) is 4.79 Å². The lowest BCUT2D eigenvalue weighted by Gasteiger charge is -2.29. The van der Waals surface area contributed by atoms with Gasteiger partial charge in [0.1, 0.15) is 0 Å². The molecule has 0 aliphatic carbocycles.